The van der Waals surface area contributed by atoms with E-state index in [2.05, 4.69) is 17.4 Å². The highest BCUT2D eigenvalue weighted by molar-refractivity contribution is 5.94. The summed E-state index contributed by atoms with van der Waals surface area (Å²) in [5.41, 5.74) is 3.38. The van der Waals surface area contributed by atoms with Crippen LogP contribution in [-0.2, 0) is 17.6 Å². The number of hydrogen-bond donors (Lipinski definition) is 1. The highest BCUT2D eigenvalue weighted by Gasteiger charge is 2.20. The lowest BCUT2D eigenvalue weighted by atomic mass is 9.92. The molecule has 144 valence electrons. The number of benzene rings is 2. The first-order valence-corrected chi connectivity index (χ1v) is 9.46. The van der Waals surface area contributed by atoms with Crippen LogP contribution >= 0.6 is 0 Å². The maximum Gasteiger partial charge on any atom is 0.265 e. The minimum Gasteiger partial charge on any atom is -0.493 e. The first-order valence-electron chi connectivity index (χ1n) is 9.46. The fourth-order valence-corrected chi connectivity index (χ4v) is 3.41. The molecule has 1 aliphatic rings. The summed E-state index contributed by atoms with van der Waals surface area (Å²) < 4.78 is 16.5. The third-order valence-corrected chi connectivity index (χ3v) is 4.91. The van der Waals surface area contributed by atoms with Crippen LogP contribution in [0.15, 0.2) is 36.4 Å². The summed E-state index contributed by atoms with van der Waals surface area (Å²) in [7, 11) is 3.15. The molecular weight excluding hydrogens is 342 g/mol. The van der Waals surface area contributed by atoms with Gasteiger partial charge in [-0.1, -0.05) is 13.0 Å². The molecule has 0 fully saturated rings. The van der Waals surface area contributed by atoms with E-state index >= 15 is 0 Å². The molecule has 0 saturated heterocycles. The fraction of sp³-hybridized carbons (Fsp3) is 0.409. The minimum atomic E-state index is -0.556. The molecular formula is C22H27NO4. The van der Waals surface area contributed by atoms with Gasteiger partial charge in [0.1, 0.15) is 5.75 Å². The largest absolute Gasteiger partial charge is 0.493 e. The average Bonchev–Trinajstić information content (AvgIpc) is 2.71. The summed E-state index contributed by atoms with van der Waals surface area (Å²) in [5.74, 6) is 1.76. The van der Waals surface area contributed by atoms with E-state index in [1.807, 2.05) is 13.0 Å². The lowest BCUT2D eigenvalue weighted by Gasteiger charge is -2.20. The van der Waals surface area contributed by atoms with Crippen LogP contribution in [0.25, 0.3) is 0 Å². The number of hydrogen-bond acceptors (Lipinski definition) is 4. The molecule has 27 heavy (non-hydrogen) atoms. The van der Waals surface area contributed by atoms with Crippen LogP contribution < -0.4 is 19.5 Å². The molecule has 2 aromatic rings. The fourth-order valence-electron chi connectivity index (χ4n) is 3.41. The molecule has 0 unspecified atom stereocenters. The Morgan fingerprint density at radius 1 is 1.00 bits per heavy atom. The summed E-state index contributed by atoms with van der Waals surface area (Å²) in [6.45, 7) is 1.94. The zero-order valence-corrected chi connectivity index (χ0v) is 16.2. The molecule has 1 amide bonds. The third kappa shape index (κ3) is 4.54. The van der Waals surface area contributed by atoms with E-state index in [1.54, 1.807) is 32.4 Å². The highest BCUT2D eigenvalue weighted by atomic mass is 16.5. The van der Waals surface area contributed by atoms with Crippen LogP contribution in [0.5, 0.6) is 17.2 Å². The number of aryl methyl sites for hydroxylation is 2. The van der Waals surface area contributed by atoms with Gasteiger partial charge in [0.05, 0.1) is 14.2 Å². The van der Waals surface area contributed by atoms with Crippen molar-refractivity contribution in [2.24, 2.45) is 0 Å². The number of nitrogens with one attached hydrogen (secondary N) is 1. The van der Waals surface area contributed by atoms with Crippen molar-refractivity contribution in [1.82, 2.24) is 0 Å². The number of carbonyl (C=O) groups excluding carboxylic acids is 1. The zero-order chi connectivity index (χ0) is 19.2. The second kappa shape index (κ2) is 8.80. The molecule has 5 heteroatoms. The minimum absolute atomic E-state index is 0.178. The third-order valence-electron chi connectivity index (χ3n) is 4.91. The monoisotopic (exact) mass is 369 g/mol. The number of ether oxygens (including phenoxy) is 3. The van der Waals surface area contributed by atoms with Gasteiger partial charge < -0.3 is 19.5 Å². The van der Waals surface area contributed by atoms with Crippen LogP contribution in [0.1, 0.15) is 37.3 Å². The van der Waals surface area contributed by atoms with Crippen LogP contribution in [0.3, 0.4) is 0 Å². The predicted octanol–water partition coefficient (Wildman–Crippen LogP) is 4.38. The number of amides is 1. The summed E-state index contributed by atoms with van der Waals surface area (Å²) >= 11 is 0. The number of fused-ring (bicyclic) bond motifs is 1. The number of anilines is 1. The molecule has 0 aliphatic heterocycles. The van der Waals surface area contributed by atoms with Crippen molar-refractivity contribution in [3.05, 3.63) is 47.5 Å². The van der Waals surface area contributed by atoms with E-state index in [9.17, 15) is 4.79 Å². The van der Waals surface area contributed by atoms with Crippen molar-refractivity contribution in [3.8, 4) is 17.2 Å². The molecule has 0 bridgehead atoms. The zero-order valence-electron chi connectivity index (χ0n) is 16.2. The SMILES string of the molecule is CC[C@H](Oc1ccc2c(c1)CCCC2)C(=O)Nc1ccc(OC)c(OC)c1. The van der Waals surface area contributed by atoms with Crippen molar-refractivity contribution in [3.63, 3.8) is 0 Å². The Morgan fingerprint density at radius 2 is 1.74 bits per heavy atom. The number of rotatable bonds is 7. The van der Waals surface area contributed by atoms with Crippen LogP contribution in [-0.4, -0.2) is 26.2 Å². The maximum atomic E-state index is 12.7. The maximum absolute atomic E-state index is 12.7. The Bertz CT molecular complexity index is 803. The second-order valence-electron chi connectivity index (χ2n) is 6.71. The van der Waals surface area contributed by atoms with Crippen molar-refractivity contribution in [1.29, 1.82) is 0 Å². The summed E-state index contributed by atoms with van der Waals surface area (Å²) in [6.07, 6.45) is 4.70. The molecule has 0 spiro atoms. The van der Waals surface area contributed by atoms with E-state index < -0.39 is 6.10 Å². The van der Waals surface area contributed by atoms with E-state index in [0.717, 1.165) is 18.6 Å². The van der Waals surface area contributed by atoms with Crippen molar-refractivity contribution >= 4 is 11.6 Å². The first kappa shape index (κ1) is 19.1. The smallest absolute Gasteiger partial charge is 0.265 e. The molecule has 0 heterocycles. The van der Waals surface area contributed by atoms with Gasteiger partial charge in [0, 0.05) is 11.8 Å². The van der Waals surface area contributed by atoms with E-state index in [1.165, 1.54) is 24.0 Å². The number of methoxy groups -OCH3 is 2. The first-order chi connectivity index (χ1) is 13.1. The molecule has 1 N–H and O–H groups in total. The molecule has 0 saturated carbocycles. The topological polar surface area (TPSA) is 56.8 Å². The average molecular weight is 369 g/mol. The Hall–Kier alpha value is -2.69. The van der Waals surface area contributed by atoms with Gasteiger partial charge in [0.2, 0.25) is 0 Å². The summed E-state index contributed by atoms with van der Waals surface area (Å²) in [6, 6.07) is 11.5. The molecule has 5 nitrogen and oxygen atoms in total. The molecule has 0 aromatic heterocycles. The molecule has 3 rings (SSSR count). The van der Waals surface area contributed by atoms with Crippen molar-refractivity contribution in [2.45, 2.75) is 45.1 Å². The predicted molar refractivity (Wildman–Crippen MR) is 106 cm³/mol. The van der Waals surface area contributed by atoms with E-state index in [0.29, 0.717) is 23.6 Å². The van der Waals surface area contributed by atoms with E-state index in [4.69, 9.17) is 14.2 Å². The lowest BCUT2D eigenvalue weighted by Crippen LogP contribution is -2.32. The summed E-state index contributed by atoms with van der Waals surface area (Å²) in [5, 5.41) is 2.90. The van der Waals surface area contributed by atoms with Gasteiger partial charge >= 0.3 is 0 Å². The Kier molecular flexibility index (Phi) is 6.22. The van der Waals surface area contributed by atoms with Gasteiger partial charge in [0.15, 0.2) is 17.6 Å². The molecule has 1 aliphatic carbocycles. The highest BCUT2D eigenvalue weighted by Crippen LogP contribution is 2.30. The lowest BCUT2D eigenvalue weighted by molar-refractivity contribution is -0.122. The quantitative estimate of drug-likeness (QED) is 0.787. The molecule has 1 atom stereocenters. The van der Waals surface area contributed by atoms with Crippen molar-refractivity contribution in [2.75, 3.05) is 19.5 Å². The van der Waals surface area contributed by atoms with Gasteiger partial charge in [0.25, 0.3) is 5.91 Å². The van der Waals surface area contributed by atoms with Gasteiger partial charge in [-0.2, -0.15) is 0 Å². The van der Waals surface area contributed by atoms with Crippen molar-refractivity contribution < 1.29 is 19.0 Å². The summed E-state index contributed by atoms with van der Waals surface area (Å²) in [4.78, 5) is 12.7. The van der Waals surface area contributed by atoms with Crippen LogP contribution in [0.4, 0.5) is 5.69 Å². The van der Waals surface area contributed by atoms with Crippen LogP contribution in [0.2, 0.25) is 0 Å². The van der Waals surface area contributed by atoms with Gasteiger partial charge in [-0.15, -0.1) is 0 Å². The van der Waals surface area contributed by atoms with Gasteiger partial charge in [-0.05, 0) is 67.5 Å². The number of carbonyl (C=O) groups is 1. The Balaban J connectivity index is 1.69. The Morgan fingerprint density at radius 3 is 2.44 bits per heavy atom. The Labute approximate surface area is 160 Å². The van der Waals surface area contributed by atoms with Gasteiger partial charge in [-0.25, -0.2) is 0 Å². The normalized spacial score (nSPS) is 14.0. The van der Waals surface area contributed by atoms with Crippen LogP contribution in [0, 0.1) is 0 Å². The standard InChI is InChI=1S/C22H27NO4/c1-4-19(27-18-11-9-15-7-5-6-8-16(15)13-18)22(24)23-17-10-12-20(25-2)21(14-17)26-3/h9-14,19H,4-8H2,1-3H3,(H,23,24)/t19-/m0/s1. The molecule has 0 radical (unpaired) electrons. The second-order valence-corrected chi connectivity index (χ2v) is 6.71. The molecule has 2 aromatic carbocycles. The van der Waals surface area contributed by atoms with E-state index in [-0.39, 0.29) is 5.91 Å². The van der Waals surface area contributed by atoms with Gasteiger partial charge in [-0.3, -0.25) is 4.79 Å².